The molecule has 0 radical (unpaired) electrons. The molecule has 0 fully saturated rings. The third-order valence-electron chi connectivity index (χ3n) is 3.03. The molecule has 0 unspecified atom stereocenters. The summed E-state index contributed by atoms with van der Waals surface area (Å²) in [7, 11) is 0. The van der Waals surface area contributed by atoms with Gasteiger partial charge in [-0.2, -0.15) is 0 Å². The zero-order chi connectivity index (χ0) is 14.8. The molecule has 0 saturated carbocycles. The Morgan fingerprint density at radius 1 is 1.38 bits per heavy atom. The highest BCUT2D eigenvalue weighted by Crippen LogP contribution is 2.27. The summed E-state index contributed by atoms with van der Waals surface area (Å²) < 4.78 is 10.2. The normalized spacial score (nSPS) is 10.7. The highest BCUT2D eigenvalue weighted by molar-refractivity contribution is 5.92. The van der Waals surface area contributed by atoms with Crippen molar-refractivity contribution in [3.05, 3.63) is 52.6 Å². The first kappa shape index (κ1) is 13.1. The Labute approximate surface area is 119 Å². The van der Waals surface area contributed by atoms with Crippen LogP contribution in [0, 0.1) is 0 Å². The minimum atomic E-state index is -0.685. The van der Waals surface area contributed by atoms with Crippen LogP contribution in [0.1, 0.15) is 17.3 Å². The molecule has 106 valence electrons. The summed E-state index contributed by atoms with van der Waals surface area (Å²) in [6, 6.07) is 7.42. The fraction of sp³-hybridized carbons (Fsp3) is 0.133. The van der Waals surface area contributed by atoms with Gasteiger partial charge in [-0.15, -0.1) is 0 Å². The Kier molecular flexibility index (Phi) is 3.27. The topological polar surface area (TPSA) is 85.2 Å². The summed E-state index contributed by atoms with van der Waals surface area (Å²) >= 11 is 0. The number of rotatable bonds is 3. The standard InChI is InChI=1S/C15H12N2O4/c1-2-20-15(19)10-7-16-13(17-14(10)18)11-8-21-12-6-4-3-5-9(11)12/h3-8H,2H2,1H3,(H,16,17,18). The van der Waals surface area contributed by atoms with E-state index in [9.17, 15) is 9.59 Å². The average molecular weight is 284 g/mol. The minimum absolute atomic E-state index is 0.117. The predicted molar refractivity (Wildman–Crippen MR) is 76.0 cm³/mol. The number of para-hydroxylation sites is 1. The maximum atomic E-state index is 12.0. The molecule has 21 heavy (non-hydrogen) atoms. The van der Waals surface area contributed by atoms with Crippen molar-refractivity contribution in [3.63, 3.8) is 0 Å². The van der Waals surface area contributed by atoms with E-state index in [2.05, 4.69) is 9.97 Å². The van der Waals surface area contributed by atoms with Crippen molar-refractivity contribution >= 4 is 16.9 Å². The van der Waals surface area contributed by atoms with Gasteiger partial charge < -0.3 is 14.1 Å². The summed E-state index contributed by atoms with van der Waals surface area (Å²) in [5, 5.41) is 0.838. The Bertz CT molecular complexity index is 863. The van der Waals surface area contributed by atoms with E-state index in [0.29, 0.717) is 17.0 Å². The fourth-order valence-electron chi connectivity index (χ4n) is 2.05. The van der Waals surface area contributed by atoms with Crippen molar-refractivity contribution in [2.24, 2.45) is 0 Å². The van der Waals surface area contributed by atoms with E-state index < -0.39 is 11.5 Å². The smallest absolute Gasteiger partial charge is 0.345 e. The second-order valence-electron chi connectivity index (χ2n) is 4.34. The van der Waals surface area contributed by atoms with Crippen LogP contribution in [0.4, 0.5) is 0 Å². The third-order valence-corrected chi connectivity index (χ3v) is 3.03. The zero-order valence-corrected chi connectivity index (χ0v) is 11.3. The number of carbonyl (C=O) groups is 1. The molecule has 0 aliphatic rings. The molecule has 3 aromatic rings. The molecule has 0 saturated heterocycles. The molecule has 0 bridgehead atoms. The lowest BCUT2D eigenvalue weighted by Crippen LogP contribution is -2.20. The SMILES string of the molecule is CCOC(=O)c1cnc(-c2coc3ccccc23)[nH]c1=O. The number of ether oxygens (including phenoxy) is 1. The van der Waals surface area contributed by atoms with Crippen LogP contribution in [0.15, 0.2) is 45.9 Å². The molecule has 2 heterocycles. The largest absolute Gasteiger partial charge is 0.464 e. The van der Waals surface area contributed by atoms with Gasteiger partial charge in [0, 0.05) is 11.6 Å². The van der Waals surface area contributed by atoms with Crippen molar-refractivity contribution < 1.29 is 13.9 Å². The molecule has 6 nitrogen and oxygen atoms in total. The molecule has 6 heteroatoms. The quantitative estimate of drug-likeness (QED) is 0.746. The first-order valence-electron chi connectivity index (χ1n) is 6.43. The second kappa shape index (κ2) is 5.24. The monoisotopic (exact) mass is 284 g/mol. The van der Waals surface area contributed by atoms with Crippen LogP contribution in [0.25, 0.3) is 22.4 Å². The van der Waals surface area contributed by atoms with Gasteiger partial charge in [-0.1, -0.05) is 18.2 Å². The third kappa shape index (κ3) is 2.31. The van der Waals surface area contributed by atoms with Gasteiger partial charge in [-0.3, -0.25) is 4.79 Å². The van der Waals surface area contributed by atoms with Crippen LogP contribution in [-0.2, 0) is 4.74 Å². The lowest BCUT2D eigenvalue weighted by molar-refractivity contribution is 0.0524. The number of aromatic amines is 1. The van der Waals surface area contributed by atoms with E-state index in [1.807, 2.05) is 24.3 Å². The number of hydrogen-bond donors (Lipinski definition) is 1. The Balaban J connectivity index is 2.06. The van der Waals surface area contributed by atoms with E-state index >= 15 is 0 Å². The number of nitrogens with one attached hydrogen (secondary N) is 1. The second-order valence-corrected chi connectivity index (χ2v) is 4.34. The van der Waals surface area contributed by atoms with Gasteiger partial charge in [-0.25, -0.2) is 9.78 Å². The van der Waals surface area contributed by atoms with Crippen molar-refractivity contribution in [3.8, 4) is 11.4 Å². The summed E-state index contributed by atoms with van der Waals surface area (Å²) in [5.41, 5.74) is 0.708. The lowest BCUT2D eigenvalue weighted by Gasteiger charge is -2.02. The van der Waals surface area contributed by atoms with Gasteiger partial charge in [-0.05, 0) is 13.0 Å². The first-order valence-corrected chi connectivity index (χ1v) is 6.43. The average Bonchev–Trinajstić information content (AvgIpc) is 2.91. The van der Waals surface area contributed by atoms with Crippen molar-refractivity contribution in [1.82, 2.24) is 9.97 Å². The van der Waals surface area contributed by atoms with Gasteiger partial charge in [0.05, 0.1) is 12.2 Å². The number of hydrogen-bond acceptors (Lipinski definition) is 5. The number of nitrogens with zero attached hydrogens (tertiary/aromatic N) is 1. The van der Waals surface area contributed by atoms with Gasteiger partial charge in [0.2, 0.25) is 0 Å². The number of benzene rings is 1. The van der Waals surface area contributed by atoms with Gasteiger partial charge in [0.1, 0.15) is 23.2 Å². The Morgan fingerprint density at radius 2 is 2.19 bits per heavy atom. The van der Waals surface area contributed by atoms with Crippen LogP contribution in [-0.4, -0.2) is 22.5 Å². The molecule has 0 atom stereocenters. The van der Waals surface area contributed by atoms with Crippen LogP contribution in [0.5, 0.6) is 0 Å². The molecule has 0 aliphatic heterocycles. The predicted octanol–water partition coefficient (Wildman–Crippen LogP) is 2.36. The number of esters is 1. The number of carbonyl (C=O) groups excluding carboxylic acids is 1. The van der Waals surface area contributed by atoms with Crippen LogP contribution in [0.3, 0.4) is 0 Å². The fourth-order valence-corrected chi connectivity index (χ4v) is 2.05. The minimum Gasteiger partial charge on any atom is -0.464 e. The molecule has 0 spiro atoms. The number of H-pyrrole nitrogens is 1. The van der Waals surface area contributed by atoms with E-state index in [0.717, 1.165) is 5.39 Å². The maximum Gasteiger partial charge on any atom is 0.345 e. The van der Waals surface area contributed by atoms with Gasteiger partial charge in [0.25, 0.3) is 5.56 Å². The summed E-state index contributed by atoms with van der Waals surface area (Å²) in [6.07, 6.45) is 2.74. The Hall–Kier alpha value is -2.89. The van der Waals surface area contributed by atoms with E-state index in [1.165, 1.54) is 12.5 Å². The van der Waals surface area contributed by atoms with Gasteiger partial charge >= 0.3 is 5.97 Å². The molecule has 2 aromatic heterocycles. The first-order chi connectivity index (χ1) is 10.2. The molecular weight excluding hydrogens is 272 g/mol. The van der Waals surface area contributed by atoms with E-state index in [-0.39, 0.29) is 12.2 Å². The van der Waals surface area contributed by atoms with Gasteiger partial charge in [0.15, 0.2) is 0 Å². The molecular formula is C15H12N2O4. The van der Waals surface area contributed by atoms with E-state index in [4.69, 9.17) is 9.15 Å². The zero-order valence-electron chi connectivity index (χ0n) is 11.3. The lowest BCUT2D eigenvalue weighted by atomic mass is 10.1. The van der Waals surface area contributed by atoms with Crippen molar-refractivity contribution in [1.29, 1.82) is 0 Å². The highest BCUT2D eigenvalue weighted by Gasteiger charge is 2.15. The van der Waals surface area contributed by atoms with Crippen LogP contribution < -0.4 is 5.56 Å². The summed E-state index contributed by atoms with van der Waals surface area (Å²) in [4.78, 5) is 30.2. The molecule has 1 aromatic carbocycles. The molecule has 1 N–H and O–H groups in total. The van der Waals surface area contributed by atoms with Crippen molar-refractivity contribution in [2.45, 2.75) is 6.92 Å². The van der Waals surface area contributed by atoms with Crippen molar-refractivity contribution in [2.75, 3.05) is 6.61 Å². The maximum absolute atomic E-state index is 12.0. The molecule has 3 rings (SSSR count). The van der Waals surface area contributed by atoms with E-state index in [1.54, 1.807) is 6.92 Å². The summed E-state index contributed by atoms with van der Waals surface area (Å²) in [5.74, 6) is -0.340. The number of furan rings is 1. The number of aromatic nitrogens is 2. The number of fused-ring (bicyclic) bond motifs is 1. The molecule has 0 amide bonds. The Morgan fingerprint density at radius 3 is 2.95 bits per heavy atom. The van der Waals surface area contributed by atoms with Crippen LogP contribution >= 0.6 is 0 Å². The summed E-state index contributed by atoms with van der Waals surface area (Å²) in [6.45, 7) is 1.87. The highest BCUT2D eigenvalue weighted by atomic mass is 16.5. The molecule has 0 aliphatic carbocycles. The van der Waals surface area contributed by atoms with Crippen LogP contribution in [0.2, 0.25) is 0 Å².